The van der Waals surface area contributed by atoms with Crippen molar-refractivity contribution in [2.24, 2.45) is 7.05 Å². The maximum absolute atomic E-state index is 13.0. The molecule has 0 aliphatic carbocycles. The molecule has 1 atom stereocenters. The van der Waals surface area contributed by atoms with Gasteiger partial charge in [-0.25, -0.2) is 14.4 Å². The Morgan fingerprint density at radius 3 is 2.71 bits per heavy atom. The summed E-state index contributed by atoms with van der Waals surface area (Å²) >= 11 is 0. The van der Waals surface area contributed by atoms with Gasteiger partial charge in [0.25, 0.3) is 5.91 Å². The van der Waals surface area contributed by atoms with Crippen molar-refractivity contribution in [2.45, 2.75) is 12.3 Å². The smallest absolute Gasteiger partial charge is 0.260 e. The van der Waals surface area contributed by atoms with Crippen LogP contribution in [0.1, 0.15) is 18.0 Å². The van der Waals surface area contributed by atoms with Crippen LogP contribution >= 0.6 is 0 Å². The molecule has 0 bridgehead atoms. The van der Waals surface area contributed by atoms with Crippen LogP contribution in [0.25, 0.3) is 11.1 Å². The summed E-state index contributed by atoms with van der Waals surface area (Å²) in [5.74, 6) is 0.749. The maximum atomic E-state index is 13.0. The molecule has 0 saturated carbocycles. The third-order valence-electron chi connectivity index (χ3n) is 5.33. The van der Waals surface area contributed by atoms with Gasteiger partial charge in [0.15, 0.2) is 6.61 Å². The van der Waals surface area contributed by atoms with Gasteiger partial charge in [-0.15, -0.1) is 0 Å². The Morgan fingerprint density at radius 2 is 2.03 bits per heavy atom. The molecule has 31 heavy (non-hydrogen) atoms. The third kappa shape index (κ3) is 4.65. The van der Waals surface area contributed by atoms with E-state index in [0.29, 0.717) is 24.8 Å². The second-order valence-corrected chi connectivity index (χ2v) is 7.83. The molecule has 1 fully saturated rings. The first-order chi connectivity index (χ1) is 14.9. The molecular weight excluding hydrogens is 399 g/mol. The van der Waals surface area contributed by atoms with Crippen molar-refractivity contribution in [1.29, 1.82) is 0 Å². The molecule has 4 rings (SSSR count). The van der Waals surface area contributed by atoms with E-state index in [4.69, 9.17) is 9.72 Å². The van der Waals surface area contributed by atoms with Gasteiger partial charge in [0.1, 0.15) is 11.6 Å². The van der Waals surface area contributed by atoms with Crippen LogP contribution < -0.4 is 9.64 Å². The minimum atomic E-state index is -0.340. The van der Waals surface area contributed by atoms with Crippen LogP contribution in [0.2, 0.25) is 0 Å². The number of nitrogens with zero attached hydrogens (tertiary/aromatic N) is 6. The van der Waals surface area contributed by atoms with Crippen LogP contribution in [0.5, 0.6) is 5.75 Å². The van der Waals surface area contributed by atoms with Gasteiger partial charge in [-0.1, -0.05) is 0 Å². The summed E-state index contributed by atoms with van der Waals surface area (Å²) in [4.78, 5) is 25.6. The van der Waals surface area contributed by atoms with Crippen molar-refractivity contribution >= 4 is 11.9 Å². The van der Waals surface area contributed by atoms with E-state index < -0.39 is 0 Å². The number of rotatable bonds is 6. The lowest BCUT2D eigenvalue weighted by Crippen LogP contribution is -2.33. The molecule has 3 aromatic rings. The van der Waals surface area contributed by atoms with Crippen LogP contribution in [0.15, 0.2) is 42.9 Å². The largest absolute Gasteiger partial charge is 0.484 e. The normalized spacial score (nSPS) is 15.9. The highest BCUT2D eigenvalue weighted by molar-refractivity contribution is 5.78. The van der Waals surface area contributed by atoms with E-state index in [1.807, 2.05) is 38.4 Å². The highest BCUT2D eigenvalue weighted by Crippen LogP contribution is 2.34. The molecule has 1 aromatic carbocycles. The summed E-state index contributed by atoms with van der Waals surface area (Å²) in [6, 6.07) is 5.64. The van der Waals surface area contributed by atoms with Crippen molar-refractivity contribution < 1.29 is 13.9 Å². The van der Waals surface area contributed by atoms with Crippen molar-refractivity contribution in [3.63, 3.8) is 0 Å². The van der Waals surface area contributed by atoms with Gasteiger partial charge in [-0.2, -0.15) is 5.10 Å². The Kier molecular flexibility index (Phi) is 5.83. The van der Waals surface area contributed by atoms with Crippen LogP contribution in [-0.4, -0.2) is 64.3 Å². The molecule has 0 radical (unpaired) electrons. The zero-order valence-electron chi connectivity index (χ0n) is 17.8. The molecule has 1 aliphatic heterocycles. The summed E-state index contributed by atoms with van der Waals surface area (Å²) in [5, 5.41) is 4.27. The average Bonchev–Trinajstić information content (AvgIpc) is 3.42. The predicted octanol–water partition coefficient (Wildman–Crippen LogP) is 2.48. The van der Waals surface area contributed by atoms with Crippen LogP contribution in [0.3, 0.4) is 0 Å². The van der Waals surface area contributed by atoms with E-state index in [9.17, 15) is 9.18 Å². The predicted molar refractivity (Wildman–Crippen MR) is 114 cm³/mol. The van der Waals surface area contributed by atoms with Gasteiger partial charge in [0.05, 0.1) is 11.9 Å². The first kappa shape index (κ1) is 20.8. The van der Waals surface area contributed by atoms with Crippen molar-refractivity contribution in [1.82, 2.24) is 24.6 Å². The number of anilines is 1. The Labute approximate surface area is 180 Å². The number of aromatic nitrogens is 4. The number of ether oxygens (including phenoxy) is 1. The van der Waals surface area contributed by atoms with Crippen LogP contribution in [0, 0.1) is 5.82 Å². The number of amides is 1. The Balaban J connectivity index is 1.49. The summed E-state index contributed by atoms with van der Waals surface area (Å²) in [5.41, 5.74) is 2.80. The second-order valence-electron chi connectivity index (χ2n) is 7.83. The fourth-order valence-electron chi connectivity index (χ4n) is 3.67. The Hall–Kier alpha value is -3.49. The topological polar surface area (TPSA) is 76.4 Å². The Bertz CT molecular complexity index is 1070. The zero-order chi connectivity index (χ0) is 22.0. The summed E-state index contributed by atoms with van der Waals surface area (Å²) in [6.07, 6.45) is 6.37. The highest BCUT2D eigenvalue weighted by Gasteiger charge is 2.31. The highest BCUT2D eigenvalue weighted by atomic mass is 19.1. The maximum Gasteiger partial charge on any atom is 0.260 e. The summed E-state index contributed by atoms with van der Waals surface area (Å²) < 4.78 is 20.3. The van der Waals surface area contributed by atoms with Gasteiger partial charge in [-0.05, 0) is 30.7 Å². The molecule has 1 amide bonds. The number of likely N-dealkylation sites (tertiary alicyclic amines) is 1. The van der Waals surface area contributed by atoms with Crippen molar-refractivity contribution in [3.05, 3.63) is 54.4 Å². The van der Waals surface area contributed by atoms with Crippen LogP contribution in [-0.2, 0) is 11.8 Å². The number of carbonyl (C=O) groups excluding carboxylic acids is 1. The van der Waals surface area contributed by atoms with E-state index in [1.54, 1.807) is 15.8 Å². The van der Waals surface area contributed by atoms with Crippen molar-refractivity contribution in [3.8, 4) is 16.9 Å². The van der Waals surface area contributed by atoms with Crippen molar-refractivity contribution in [2.75, 3.05) is 38.7 Å². The quantitative estimate of drug-likeness (QED) is 0.605. The minimum absolute atomic E-state index is 0.0828. The molecule has 1 aliphatic rings. The van der Waals surface area contributed by atoms with Gasteiger partial charge < -0.3 is 14.5 Å². The minimum Gasteiger partial charge on any atom is -0.484 e. The Morgan fingerprint density at radius 1 is 1.26 bits per heavy atom. The molecule has 162 valence electrons. The third-order valence-corrected chi connectivity index (χ3v) is 5.33. The molecule has 3 heterocycles. The average molecular weight is 424 g/mol. The van der Waals surface area contributed by atoms with Gasteiger partial charge >= 0.3 is 0 Å². The number of carbonyl (C=O) groups is 1. The molecule has 1 unspecified atom stereocenters. The van der Waals surface area contributed by atoms with Gasteiger partial charge in [0.2, 0.25) is 5.95 Å². The first-order valence-electron chi connectivity index (χ1n) is 10.1. The van der Waals surface area contributed by atoms with Gasteiger partial charge in [0, 0.05) is 63.7 Å². The monoisotopic (exact) mass is 424 g/mol. The van der Waals surface area contributed by atoms with Crippen LogP contribution in [0.4, 0.5) is 10.3 Å². The number of benzene rings is 1. The number of halogens is 1. The summed E-state index contributed by atoms with van der Waals surface area (Å²) in [7, 11) is 5.68. The van der Waals surface area contributed by atoms with Gasteiger partial charge in [-0.3, -0.25) is 9.48 Å². The fraction of sp³-hybridized carbons (Fsp3) is 0.364. The first-order valence-corrected chi connectivity index (χ1v) is 10.1. The molecule has 1 saturated heterocycles. The standard InChI is InChI=1S/C22H25FN6O2/c1-27(2)22-24-11-19(16-10-25-28(3)12-16)21(26-22)15-8-9-29(13-15)20(30)14-31-18-6-4-17(23)5-7-18/h4-7,10-12,15H,8-9,13-14H2,1-3H3. The molecule has 9 heteroatoms. The van der Waals surface area contributed by atoms with E-state index >= 15 is 0 Å². The SMILES string of the molecule is CN(C)c1ncc(-c2cnn(C)c2)c(C2CCN(C(=O)COc3ccc(F)cc3)C2)n1. The lowest BCUT2D eigenvalue weighted by Gasteiger charge is -2.19. The number of hydrogen-bond donors (Lipinski definition) is 0. The van der Waals surface area contributed by atoms with E-state index in [2.05, 4.69) is 10.1 Å². The second kappa shape index (κ2) is 8.71. The molecule has 2 aromatic heterocycles. The lowest BCUT2D eigenvalue weighted by atomic mass is 9.97. The number of aryl methyl sites for hydroxylation is 1. The summed E-state index contributed by atoms with van der Waals surface area (Å²) in [6.45, 7) is 1.10. The van der Waals surface area contributed by atoms with E-state index in [-0.39, 0.29) is 24.2 Å². The number of hydrogen-bond acceptors (Lipinski definition) is 6. The molecule has 0 N–H and O–H groups in total. The lowest BCUT2D eigenvalue weighted by molar-refractivity contribution is -0.132. The molecule has 0 spiro atoms. The molecule has 8 nitrogen and oxygen atoms in total. The fourth-order valence-corrected chi connectivity index (χ4v) is 3.67. The van der Waals surface area contributed by atoms with E-state index in [1.165, 1.54) is 24.3 Å². The van der Waals surface area contributed by atoms with E-state index in [0.717, 1.165) is 23.2 Å². The molecular formula is C22H25FN6O2. The zero-order valence-corrected chi connectivity index (χ0v) is 17.8.